The van der Waals surface area contributed by atoms with Gasteiger partial charge >= 0.3 is 18.6 Å². The number of aryl methyl sites for hydroxylation is 1. The van der Waals surface area contributed by atoms with Gasteiger partial charge in [0.25, 0.3) is 0 Å². The molecule has 0 saturated heterocycles. The van der Waals surface area contributed by atoms with Gasteiger partial charge < -0.3 is 14.6 Å². The van der Waals surface area contributed by atoms with Crippen molar-refractivity contribution >= 4 is 11.9 Å². The number of esters is 1. The molecule has 1 N–H and O–H groups in total. The summed E-state index contributed by atoms with van der Waals surface area (Å²) >= 11 is 0. The molecule has 0 saturated carbocycles. The monoisotopic (exact) mass is 274 g/mol. The number of hydrogen-bond donors (Lipinski definition) is 1. The summed E-state index contributed by atoms with van der Waals surface area (Å²) in [7, 11) is 1.20. The maximum Gasteiger partial charge on any atom is 0.387 e. The molecule has 0 unspecified atom stereocenters. The molecule has 1 aromatic carbocycles. The van der Waals surface area contributed by atoms with Gasteiger partial charge in [0.2, 0.25) is 0 Å². The minimum Gasteiger partial charge on any atom is -0.478 e. The fourth-order valence-corrected chi connectivity index (χ4v) is 1.46. The summed E-state index contributed by atoms with van der Waals surface area (Å²) in [5.41, 5.74) is 0.145. The molecule has 0 heterocycles. The molecule has 5 nitrogen and oxygen atoms in total. The molecule has 0 amide bonds. The third-order valence-corrected chi connectivity index (χ3v) is 2.35. The number of methoxy groups -OCH3 is 1. The van der Waals surface area contributed by atoms with E-state index in [2.05, 4.69) is 9.47 Å². The van der Waals surface area contributed by atoms with E-state index >= 15 is 0 Å². The molecule has 0 aliphatic carbocycles. The summed E-state index contributed by atoms with van der Waals surface area (Å²) in [4.78, 5) is 21.8. The van der Waals surface area contributed by atoms with Crippen LogP contribution in [0.3, 0.4) is 0 Å². The Labute approximate surface area is 107 Å². The van der Waals surface area contributed by atoms with E-state index in [1.807, 2.05) is 0 Å². The summed E-state index contributed by atoms with van der Waals surface area (Å²) in [6, 6.07) is 3.49. The van der Waals surface area contributed by atoms with Crippen molar-refractivity contribution in [3.8, 4) is 5.75 Å². The van der Waals surface area contributed by atoms with Crippen molar-refractivity contribution in [2.75, 3.05) is 7.11 Å². The quantitative estimate of drug-likeness (QED) is 0.804. The highest BCUT2D eigenvalue weighted by Gasteiger charge is 2.14. The number of alkyl halides is 2. The molecule has 0 aliphatic heterocycles. The number of aromatic carboxylic acids is 1. The third kappa shape index (κ3) is 4.53. The molecule has 0 radical (unpaired) electrons. The van der Waals surface area contributed by atoms with Gasteiger partial charge in [-0.25, -0.2) is 4.79 Å². The first-order valence-corrected chi connectivity index (χ1v) is 5.32. The minimum absolute atomic E-state index is 0.0514. The molecule has 1 aromatic rings. The van der Waals surface area contributed by atoms with Gasteiger partial charge in [0.05, 0.1) is 12.7 Å². The zero-order chi connectivity index (χ0) is 14.4. The second-order valence-electron chi connectivity index (χ2n) is 3.58. The zero-order valence-electron chi connectivity index (χ0n) is 10.1. The van der Waals surface area contributed by atoms with Crippen LogP contribution in [-0.2, 0) is 16.0 Å². The van der Waals surface area contributed by atoms with Gasteiger partial charge in [-0.3, -0.25) is 4.79 Å². The lowest BCUT2D eigenvalue weighted by atomic mass is 10.1. The van der Waals surface area contributed by atoms with Crippen molar-refractivity contribution in [1.29, 1.82) is 0 Å². The summed E-state index contributed by atoms with van der Waals surface area (Å²) in [5, 5.41) is 8.83. The van der Waals surface area contributed by atoms with Crippen molar-refractivity contribution < 1.29 is 33.0 Å². The Balaban J connectivity index is 2.96. The summed E-state index contributed by atoms with van der Waals surface area (Å²) in [6.07, 6.45) is -0.00494. The number of hydrogen-bond acceptors (Lipinski definition) is 4. The Kier molecular flexibility index (Phi) is 5.23. The van der Waals surface area contributed by atoms with Gasteiger partial charge in [0, 0.05) is 6.42 Å². The smallest absolute Gasteiger partial charge is 0.387 e. The molecule has 1 rings (SSSR count). The van der Waals surface area contributed by atoms with E-state index < -0.39 is 18.6 Å². The number of carboxylic acid groups (broad SMARTS) is 1. The van der Waals surface area contributed by atoms with Crippen LogP contribution in [0.4, 0.5) is 8.78 Å². The average molecular weight is 274 g/mol. The molecular formula is C12H12F2O5. The number of carboxylic acids is 1. The molecule has 104 valence electrons. The van der Waals surface area contributed by atoms with Crippen LogP contribution in [0, 0.1) is 0 Å². The summed E-state index contributed by atoms with van der Waals surface area (Å²) in [5.74, 6) is -1.87. The molecule has 0 bridgehead atoms. The number of carbonyl (C=O) groups is 2. The molecule has 0 atom stereocenters. The second kappa shape index (κ2) is 6.67. The maximum absolute atomic E-state index is 12.2. The van der Waals surface area contributed by atoms with Crippen molar-refractivity contribution in [2.24, 2.45) is 0 Å². The van der Waals surface area contributed by atoms with Crippen molar-refractivity contribution in [1.82, 2.24) is 0 Å². The topological polar surface area (TPSA) is 72.8 Å². The molecule has 0 spiro atoms. The minimum atomic E-state index is -3.02. The van der Waals surface area contributed by atoms with Crippen LogP contribution in [0.15, 0.2) is 18.2 Å². The van der Waals surface area contributed by atoms with E-state index in [-0.39, 0.29) is 29.7 Å². The van der Waals surface area contributed by atoms with Crippen LogP contribution in [0.25, 0.3) is 0 Å². The fourth-order valence-electron chi connectivity index (χ4n) is 1.46. The van der Waals surface area contributed by atoms with E-state index in [0.717, 1.165) is 12.1 Å². The van der Waals surface area contributed by atoms with Crippen LogP contribution in [0.1, 0.15) is 22.3 Å². The maximum atomic E-state index is 12.2. The van der Waals surface area contributed by atoms with Gasteiger partial charge in [-0.15, -0.1) is 0 Å². The van der Waals surface area contributed by atoms with E-state index in [1.165, 1.54) is 13.2 Å². The molecule has 7 heteroatoms. The van der Waals surface area contributed by atoms with Crippen LogP contribution in [0.2, 0.25) is 0 Å². The Morgan fingerprint density at radius 2 is 2.05 bits per heavy atom. The summed E-state index contributed by atoms with van der Waals surface area (Å²) in [6.45, 7) is -3.02. The van der Waals surface area contributed by atoms with Crippen LogP contribution in [0.5, 0.6) is 5.75 Å². The number of rotatable bonds is 6. The highest BCUT2D eigenvalue weighted by atomic mass is 19.3. The van der Waals surface area contributed by atoms with Crippen LogP contribution < -0.4 is 4.74 Å². The fraction of sp³-hybridized carbons (Fsp3) is 0.333. The van der Waals surface area contributed by atoms with E-state index in [4.69, 9.17) is 5.11 Å². The Bertz CT molecular complexity index is 473. The largest absolute Gasteiger partial charge is 0.478 e. The number of benzene rings is 1. The normalized spacial score (nSPS) is 10.3. The number of ether oxygens (including phenoxy) is 2. The predicted octanol–water partition coefficient (Wildman–Crippen LogP) is 2.09. The number of halogens is 2. The Morgan fingerprint density at radius 1 is 1.37 bits per heavy atom. The second-order valence-corrected chi connectivity index (χ2v) is 3.58. The lowest BCUT2D eigenvalue weighted by Crippen LogP contribution is -2.08. The highest BCUT2D eigenvalue weighted by Crippen LogP contribution is 2.24. The zero-order valence-corrected chi connectivity index (χ0v) is 10.1. The molecule has 0 fully saturated rings. The van der Waals surface area contributed by atoms with E-state index in [1.54, 1.807) is 0 Å². The lowest BCUT2D eigenvalue weighted by Gasteiger charge is -2.11. The molecular weight excluding hydrogens is 262 g/mol. The van der Waals surface area contributed by atoms with E-state index in [9.17, 15) is 18.4 Å². The van der Waals surface area contributed by atoms with Crippen molar-refractivity contribution in [3.63, 3.8) is 0 Å². The van der Waals surface area contributed by atoms with Gasteiger partial charge in [-0.1, -0.05) is 0 Å². The number of carbonyl (C=O) groups excluding carboxylic acids is 1. The average Bonchev–Trinajstić information content (AvgIpc) is 2.36. The van der Waals surface area contributed by atoms with Gasteiger partial charge in [-0.05, 0) is 30.2 Å². The third-order valence-electron chi connectivity index (χ3n) is 2.35. The molecule has 0 aliphatic rings. The molecule has 19 heavy (non-hydrogen) atoms. The molecule has 0 aromatic heterocycles. The lowest BCUT2D eigenvalue weighted by molar-refractivity contribution is -0.140. The van der Waals surface area contributed by atoms with Crippen molar-refractivity contribution in [3.05, 3.63) is 29.3 Å². The predicted molar refractivity (Wildman–Crippen MR) is 60.4 cm³/mol. The first kappa shape index (κ1) is 14.9. The standard InChI is InChI=1S/C12H12F2O5/c1-18-10(15)5-3-7-6-8(11(16)17)2-4-9(7)19-12(13)14/h2,4,6,12H,3,5H2,1H3,(H,16,17). The van der Waals surface area contributed by atoms with Crippen LogP contribution >= 0.6 is 0 Å². The van der Waals surface area contributed by atoms with Crippen LogP contribution in [-0.4, -0.2) is 30.8 Å². The summed E-state index contributed by atoms with van der Waals surface area (Å²) < 4.78 is 33.1. The Hall–Kier alpha value is -2.18. The van der Waals surface area contributed by atoms with Gasteiger partial charge in [0.1, 0.15) is 5.75 Å². The van der Waals surface area contributed by atoms with Gasteiger partial charge in [-0.2, -0.15) is 8.78 Å². The van der Waals surface area contributed by atoms with Gasteiger partial charge in [0.15, 0.2) is 0 Å². The first-order valence-electron chi connectivity index (χ1n) is 5.32. The SMILES string of the molecule is COC(=O)CCc1cc(C(=O)O)ccc1OC(F)F. The Morgan fingerprint density at radius 3 is 2.58 bits per heavy atom. The van der Waals surface area contributed by atoms with Crippen molar-refractivity contribution in [2.45, 2.75) is 19.5 Å². The van der Waals surface area contributed by atoms with E-state index in [0.29, 0.717) is 0 Å². The highest BCUT2D eigenvalue weighted by molar-refractivity contribution is 5.88. The first-order chi connectivity index (χ1) is 8.93.